The predicted molar refractivity (Wildman–Crippen MR) is 98.8 cm³/mol. The summed E-state index contributed by atoms with van der Waals surface area (Å²) in [7, 11) is 0. The first-order valence-electron chi connectivity index (χ1n) is 8.84. The van der Waals surface area contributed by atoms with Crippen LogP contribution in [0.3, 0.4) is 0 Å². The zero-order valence-corrected chi connectivity index (χ0v) is 14.3. The van der Waals surface area contributed by atoms with Crippen molar-refractivity contribution in [1.82, 2.24) is 19.5 Å². The van der Waals surface area contributed by atoms with E-state index >= 15 is 0 Å². The van der Waals surface area contributed by atoms with Crippen LogP contribution in [0.1, 0.15) is 6.42 Å². The molecule has 0 unspecified atom stereocenters. The molecule has 0 atom stereocenters. The molecule has 6 nitrogen and oxygen atoms in total. The van der Waals surface area contributed by atoms with Crippen molar-refractivity contribution in [2.75, 3.05) is 44.7 Å². The van der Waals surface area contributed by atoms with E-state index in [4.69, 9.17) is 4.74 Å². The number of morpholine rings is 1. The van der Waals surface area contributed by atoms with Gasteiger partial charge in [-0.15, -0.1) is 0 Å². The average molecular weight is 337 g/mol. The van der Waals surface area contributed by atoms with E-state index < -0.39 is 0 Å². The summed E-state index contributed by atoms with van der Waals surface area (Å²) in [5.74, 6) is 0.981. The van der Waals surface area contributed by atoms with Crippen molar-refractivity contribution >= 4 is 11.5 Å². The van der Waals surface area contributed by atoms with Gasteiger partial charge in [0, 0.05) is 31.4 Å². The average Bonchev–Trinajstić information content (AvgIpc) is 3.12. The van der Waals surface area contributed by atoms with Crippen LogP contribution in [0.25, 0.3) is 16.8 Å². The topological polar surface area (TPSA) is 54.7 Å². The molecule has 1 aliphatic rings. The molecule has 1 saturated heterocycles. The number of nitrogens with zero attached hydrogens (tertiary/aromatic N) is 4. The van der Waals surface area contributed by atoms with E-state index in [1.807, 2.05) is 41.2 Å². The molecular formula is C19H23N5O. The molecule has 1 aromatic carbocycles. The van der Waals surface area contributed by atoms with Crippen LogP contribution in [0.4, 0.5) is 5.82 Å². The Kier molecular flexibility index (Phi) is 4.90. The maximum Gasteiger partial charge on any atom is 0.165 e. The Balaban J connectivity index is 1.43. The van der Waals surface area contributed by atoms with Crippen molar-refractivity contribution in [3.8, 4) is 11.1 Å². The quantitative estimate of drug-likeness (QED) is 0.701. The Hall–Kier alpha value is -2.44. The van der Waals surface area contributed by atoms with Crippen LogP contribution in [0.15, 0.2) is 48.8 Å². The molecule has 0 amide bonds. The van der Waals surface area contributed by atoms with Crippen molar-refractivity contribution in [1.29, 1.82) is 0 Å². The largest absolute Gasteiger partial charge is 0.379 e. The third-order valence-corrected chi connectivity index (χ3v) is 4.55. The molecule has 0 aliphatic carbocycles. The molecule has 0 bridgehead atoms. The summed E-state index contributed by atoms with van der Waals surface area (Å²) in [5.41, 5.74) is 3.07. The first-order valence-corrected chi connectivity index (χ1v) is 8.84. The number of hydrogen-bond acceptors (Lipinski definition) is 5. The fraction of sp³-hybridized carbons (Fsp3) is 0.368. The van der Waals surface area contributed by atoms with E-state index in [0.29, 0.717) is 0 Å². The summed E-state index contributed by atoms with van der Waals surface area (Å²) < 4.78 is 7.27. The first-order chi connectivity index (χ1) is 12.4. The van der Waals surface area contributed by atoms with Gasteiger partial charge in [0.1, 0.15) is 5.82 Å². The summed E-state index contributed by atoms with van der Waals surface area (Å²) in [6, 6.07) is 12.2. The Morgan fingerprint density at radius 3 is 2.76 bits per heavy atom. The molecule has 0 radical (unpaired) electrons. The number of ether oxygens (including phenoxy) is 1. The van der Waals surface area contributed by atoms with E-state index in [1.165, 1.54) is 0 Å². The van der Waals surface area contributed by atoms with Gasteiger partial charge in [-0.25, -0.2) is 4.98 Å². The summed E-state index contributed by atoms with van der Waals surface area (Å²) >= 11 is 0. The van der Waals surface area contributed by atoms with Crippen LogP contribution < -0.4 is 5.32 Å². The lowest BCUT2D eigenvalue weighted by molar-refractivity contribution is 0.0378. The molecule has 3 heterocycles. The molecule has 3 aromatic rings. The summed E-state index contributed by atoms with van der Waals surface area (Å²) in [5, 5.41) is 8.02. The number of rotatable bonds is 6. The Labute approximate surface area is 147 Å². The van der Waals surface area contributed by atoms with Gasteiger partial charge in [0.05, 0.1) is 19.4 Å². The predicted octanol–water partition coefficient (Wildman–Crippen LogP) is 2.53. The zero-order valence-electron chi connectivity index (χ0n) is 14.3. The van der Waals surface area contributed by atoms with Gasteiger partial charge in [-0.2, -0.15) is 9.61 Å². The molecule has 1 fully saturated rings. The van der Waals surface area contributed by atoms with Crippen LogP contribution in [0.2, 0.25) is 0 Å². The molecule has 25 heavy (non-hydrogen) atoms. The standard InChI is InChI=1S/C19H23N5O/c1-2-5-16(6-3-1)17-15-22-24-18(7-9-21-19(17)24)20-8-4-10-23-11-13-25-14-12-23/h1-3,5-7,9,15,20H,4,8,10-14H2. The van der Waals surface area contributed by atoms with Gasteiger partial charge >= 0.3 is 0 Å². The van der Waals surface area contributed by atoms with Gasteiger partial charge in [0.25, 0.3) is 0 Å². The lowest BCUT2D eigenvalue weighted by Crippen LogP contribution is -2.37. The SMILES string of the molecule is c1ccc(-c2cnn3c(NCCCN4CCOCC4)ccnc23)cc1. The van der Waals surface area contributed by atoms with E-state index in [9.17, 15) is 0 Å². The molecular weight excluding hydrogens is 314 g/mol. The third kappa shape index (κ3) is 3.65. The highest BCUT2D eigenvalue weighted by molar-refractivity contribution is 5.77. The maximum atomic E-state index is 5.39. The van der Waals surface area contributed by atoms with Crippen LogP contribution in [0.5, 0.6) is 0 Å². The minimum Gasteiger partial charge on any atom is -0.379 e. The van der Waals surface area contributed by atoms with Crippen molar-refractivity contribution in [2.24, 2.45) is 0 Å². The highest BCUT2D eigenvalue weighted by Crippen LogP contribution is 2.24. The Morgan fingerprint density at radius 2 is 1.92 bits per heavy atom. The first kappa shape index (κ1) is 16.1. The Morgan fingerprint density at radius 1 is 1.08 bits per heavy atom. The number of benzene rings is 1. The van der Waals surface area contributed by atoms with Crippen molar-refractivity contribution < 1.29 is 4.74 Å². The van der Waals surface area contributed by atoms with Crippen molar-refractivity contribution in [2.45, 2.75) is 6.42 Å². The van der Waals surface area contributed by atoms with Gasteiger partial charge in [0.15, 0.2) is 5.65 Å². The lowest BCUT2D eigenvalue weighted by Gasteiger charge is -2.26. The second kappa shape index (κ2) is 7.63. The summed E-state index contributed by atoms with van der Waals surface area (Å²) in [4.78, 5) is 6.97. The number of hydrogen-bond donors (Lipinski definition) is 1. The van der Waals surface area contributed by atoms with Gasteiger partial charge in [-0.1, -0.05) is 30.3 Å². The zero-order chi connectivity index (χ0) is 16.9. The number of aromatic nitrogens is 3. The molecule has 0 saturated carbocycles. The molecule has 0 spiro atoms. The van der Waals surface area contributed by atoms with E-state index in [0.717, 1.165) is 68.4 Å². The normalized spacial score (nSPS) is 15.5. The monoisotopic (exact) mass is 337 g/mol. The van der Waals surface area contributed by atoms with E-state index in [1.54, 1.807) is 0 Å². The number of fused-ring (bicyclic) bond motifs is 1. The van der Waals surface area contributed by atoms with E-state index in [2.05, 4.69) is 32.4 Å². The highest BCUT2D eigenvalue weighted by atomic mass is 16.5. The van der Waals surface area contributed by atoms with Gasteiger partial charge in [-0.05, 0) is 24.6 Å². The van der Waals surface area contributed by atoms with Crippen LogP contribution in [-0.4, -0.2) is 58.9 Å². The Bertz CT molecular complexity index is 811. The molecule has 2 aromatic heterocycles. The van der Waals surface area contributed by atoms with Crippen LogP contribution >= 0.6 is 0 Å². The highest BCUT2D eigenvalue weighted by Gasteiger charge is 2.11. The number of anilines is 1. The van der Waals surface area contributed by atoms with Crippen molar-refractivity contribution in [3.05, 3.63) is 48.8 Å². The van der Waals surface area contributed by atoms with Gasteiger partial charge < -0.3 is 10.1 Å². The molecule has 1 aliphatic heterocycles. The molecule has 130 valence electrons. The van der Waals surface area contributed by atoms with E-state index in [-0.39, 0.29) is 0 Å². The molecule has 1 N–H and O–H groups in total. The fourth-order valence-electron chi connectivity index (χ4n) is 3.19. The third-order valence-electron chi connectivity index (χ3n) is 4.55. The van der Waals surface area contributed by atoms with Gasteiger partial charge in [0.2, 0.25) is 0 Å². The second-order valence-corrected chi connectivity index (χ2v) is 6.22. The smallest absolute Gasteiger partial charge is 0.165 e. The minimum atomic E-state index is 0.855. The lowest BCUT2D eigenvalue weighted by atomic mass is 10.1. The fourth-order valence-corrected chi connectivity index (χ4v) is 3.19. The molecule has 6 heteroatoms. The van der Waals surface area contributed by atoms with Gasteiger partial charge in [-0.3, -0.25) is 4.90 Å². The number of nitrogens with one attached hydrogen (secondary N) is 1. The minimum absolute atomic E-state index is 0.855. The molecule has 4 rings (SSSR count). The maximum absolute atomic E-state index is 5.39. The second-order valence-electron chi connectivity index (χ2n) is 6.22. The van der Waals surface area contributed by atoms with Crippen LogP contribution in [-0.2, 0) is 4.74 Å². The van der Waals surface area contributed by atoms with Crippen molar-refractivity contribution in [3.63, 3.8) is 0 Å². The summed E-state index contributed by atoms with van der Waals surface area (Å²) in [6.45, 7) is 5.80. The van der Waals surface area contributed by atoms with Crippen LogP contribution in [0, 0.1) is 0 Å². The summed E-state index contributed by atoms with van der Waals surface area (Å²) in [6.07, 6.45) is 4.82.